The van der Waals surface area contributed by atoms with E-state index in [1.807, 2.05) is 0 Å². The first-order valence-corrected chi connectivity index (χ1v) is 6.42. The lowest BCUT2D eigenvalue weighted by atomic mass is 10.0. The van der Waals surface area contributed by atoms with Crippen LogP contribution in [0.2, 0.25) is 0 Å². The molecule has 2 rings (SSSR count). The van der Waals surface area contributed by atoms with Gasteiger partial charge in [-0.1, -0.05) is 11.8 Å². The minimum atomic E-state index is 0.645. The SMILES string of the molecule is CN1CCC(N2CCCSC2=N)CC1. The fourth-order valence-corrected chi connectivity index (χ4v) is 3.12. The van der Waals surface area contributed by atoms with Crippen molar-refractivity contribution in [3.8, 4) is 0 Å². The third-order valence-electron chi connectivity index (χ3n) is 3.17. The predicted octanol–water partition coefficient (Wildman–Crippen LogP) is 1.45. The van der Waals surface area contributed by atoms with Gasteiger partial charge in [0.1, 0.15) is 0 Å². The maximum atomic E-state index is 7.91. The van der Waals surface area contributed by atoms with Gasteiger partial charge in [0, 0.05) is 18.3 Å². The highest BCUT2D eigenvalue weighted by molar-refractivity contribution is 8.13. The summed E-state index contributed by atoms with van der Waals surface area (Å²) in [6.07, 6.45) is 3.72. The van der Waals surface area contributed by atoms with Gasteiger partial charge in [0.25, 0.3) is 0 Å². The van der Waals surface area contributed by atoms with Crippen LogP contribution in [0.1, 0.15) is 19.3 Å². The first-order chi connectivity index (χ1) is 6.77. The second kappa shape index (κ2) is 4.53. The van der Waals surface area contributed by atoms with Crippen molar-refractivity contribution in [3.05, 3.63) is 0 Å². The second-order valence-corrected chi connectivity index (χ2v) is 5.32. The smallest absolute Gasteiger partial charge is 0.156 e. The third kappa shape index (κ3) is 2.23. The van der Waals surface area contributed by atoms with Gasteiger partial charge in [-0.3, -0.25) is 5.41 Å². The van der Waals surface area contributed by atoms with Crippen LogP contribution in [-0.4, -0.2) is 53.4 Å². The Morgan fingerprint density at radius 3 is 2.64 bits per heavy atom. The van der Waals surface area contributed by atoms with E-state index in [0.29, 0.717) is 6.04 Å². The van der Waals surface area contributed by atoms with Crippen molar-refractivity contribution in [2.24, 2.45) is 0 Å². The molecule has 4 heteroatoms. The molecule has 3 nitrogen and oxygen atoms in total. The molecule has 0 radical (unpaired) electrons. The molecule has 0 saturated carbocycles. The molecule has 80 valence electrons. The Morgan fingerprint density at radius 1 is 1.29 bits per heavy atom. The lowest BCUT2D eigenvalue weighted by Crippen LogP contribution is -2.47. The number of nitrogens with one attached hydrogen (secondary N) is 1. The largest absolute Gasteiger partial charge is 0.349 e. The van der Waals surface area contributed by atoms with Crippen molar-refractivity contribution in [1.29, 1.82) is 5.41 Å². The monoisotopic (exact) mass is 213 g/mol. The van der Waals surface area contributed by atoms with Crippen LogP contribution in [0.4, 0.5) is 0 Å². The molecule has 2 saturated heterocycles. The Hall–Kier alpha value is -0.220. The average Bonchev–Trinajstić information content (AvgIpc) is 2.20. The number of amidine groups is 1. The van der Waals surface area contributed by atoms with Crippen molar-refractivity contribution >= 4 is 16.9 Å². The molecule has 2 heterocycles. The predicted molar refractivity (Wildman–Crippen MR) is 62.0 cm³/mol. The van der Waals surface area contributed by atoms with E-state index in [1.54, 1.807) is 11.8 Å². The summed E-state index contributed by atoms with van der Waals surface area (Å²) in [5, 5.41) is 8.72. The summed E-state index contributed by atoms with van der Waals surface area (Å²) in [5.41, 5.74) is 0. The fourth-order valence-electron chi connectivity index (χ4n) is 2.24. The number of thioether (sulfide) groups is 1. The lowest BCUT2D eigenvalue weighted by Gasteiger charge is -2.40. The number of hydrogen-bond donors (Lipinski definition) is 1. The Bertz CT molecular complexity index is 211. The van der Waals surface area contributed by atoms with Gasteiger partial charge < -0.3 is 9.80 Å². The van der Waals surface area contributed by atoms with Crippen LogP contribution < -0.4 is 0 Å². The zero-order valence-corrected chi connectivity index (χ0v) is 9.65. The highest BCUT2D eigenvalue weighted by Gasteiger charge is 2.26. The Kier molecular flexibility index (Phi) is 3.34. The van der Waals surface area contributed by atoms with Crippen LogP contribution in [0.3, 0.4) is 0 Å². The van der Waals surface area contributed by atoms with Crippen LogP contribution in [-0.2, 0) is 0 Å². The summed E-state index contributed by atoms with van der Waals surface area (Å²) in [4.78, 5) is 4.71. The van der Waals surface area contributed by atoms with E-state index in [9.17, 15) is 0 Å². The van der Waals surface area contributed by atoms with E-state index in [-0.39, 0.29) is 0 Å². The molecule has 2 fully saturated rings. The minimum absolute atomic E-state index is 0.645. The normalized spacial score (nSPS) is 26.9. The molecule has 1 N–H and O–H groups in total. The van der Waals surface area contributed by atoms with Gasteiger partial charge >= 0.3 is 0 Å². The van der Waals surface area contributed by atoms with Crippen LogP contribution in [0.5, 0.6) is 0 Å². The van der Waals surface area contributed by atoms with Crippen LogP contribution in [0.25, 0.3) is 0 Å². The van der Waals surface area contributed by atoms with Crippen LogP contribution in [0, 0.1) is 5.41 Å². The summed E-state index contributed by atoms with van der Waals surface area (Å²) in [6, 6.07) is 0.645. The van der Waals surface area contributed by atoms with Gasteiger partial charge in [0.2, 0.25) is 0 Å². The van der Waals surface area contributed by atoms with Gasteiger partial charge in [-0.15, -0.1) is 0 Å². The number of piperidine rings is 1. The van der Waals surface area contributed by atoms with E-state index in [2.05, 4.69) is 16.8 Å². The van der Waals surface area contributed by atoms with Gasteiger partial charge in [-0.05, 0) is 39.4 Å². The molecule has 2 aliphatic rings. The van der Waals surface area contributed by atoms with Gasteiger partial charge in [0.05, 0.1) is 0 Å². The number of likely N-dealkylation sites (tertiary alicyclic amines) is 1. The molecule has 0 atom stereocenters. The zero-order chi connectivity index (χ0) is 9.97. The first-order valence-electron chi connectivity index (χ1n) is 5.44. The topological polar surface area (TPSA) is 30.3 Å². The molecule has 0 bridgehead atoms. The summed E-state index contributed by atoms with van der Waals surface area (Å²) in [7, 11) is 2.19. The van der Waals surface area contributed by atoms with E-state index in [4.69, 9.17) is 5.41 Å². The molecule has 0 aromatic heterocycles. The van der Waals surface area contributed by atoms with E-state index in [0.717, 1.165) is 17.5 Å². The molecule has 0 spiro atoms. The highest BCUT2D eigenvalue weighted by Crippen LogP contribution is 2.23. The summed E-state index contributed by atoms with van der Waals surface area (Å²) in [6.45, 7) is 3.50. The zero-order valence-electron chi connectivity index (χ0n) is 8.83. The standard InChI is InChI=1S/C10H19N3S/c1-12-6-3-9(4-7-12)13-5-2-8-14-10(13)11/h9,11H,2-8H2,1H3. The maximum absolute atomic E-state index is 7.91. The molecular weight excluding hydrogens is 194 g/mol. The van der Waals surface area contributed by atoms with Crippen LogP contribution >= 0.6 is 11.8 Å². The summed E-state index contributed by atoms with van der Waals surface area (Å²) in [5.74, 6) is 1.14. The molecule has 0 amide bonds. The third-order valence-corrected chi connectivity index (χ3v) is 4.17. The summed E-state index contributed by atoms with van der Waals surface area (Å²) < 4.78 is 0. The van der Waals surface area contributed by atoms with Gasteiger partial charge in [0.15, 0.2) is 5.17 Å². The highest BCUT2D eigenvalue weighted by atomic mass is 32.2. The molecular formula is C10H19N3S. The average molecular weight is 213 g/mol. The van der Waals surface area contributed by atoms with Gasteiger partial charge in [-0.2, -0.15) is 0 Å². The molecule has 0 unspecified atom stereocenters. The molecule has 0 aliphatic carbocycles. The minimum Gasteiger partial charge on any atom is -0.349 e. The van der Waals surface area contributed by atoms with Crippen molar-refractivity contribution in [2.45, 2.75) is 25.3 Å². The van der Waals surface area contributed by atoms with Crippen molar-refractivity contribution in [3.63, 3.8) is 0 Å². The molecule has 14 heavy (non-hydrogen) atoms. The second-order valence-electron chi connectivity index (χ2n) is 4.24. The van der Waals surface area contributed by atoms with Crippen LogP contribution in [0.15, 0.2) is 0 Å². The molecule has 0 aromatic carbocycles. The molecule has 2 aliphatic heterocycles. The Balaban J connectivity index is 1.90. The van der Waals surface area contributed by atoms with E-state index < -0.39 is 0 Å². The fraction of sp³-hybridized carbons (Fsp3) is 0.900. The maximum Gasteiger partial charge on any atom is 0.156 e. The lowest BCUT2D eigenvalue weighted by molar-refractivity contribution is 0.176. The first kappa shape index (κ1) is 10.3. The van der Waals surface area contributed by atoms with E-state index in [1.165, 1.54) is 32.4 Å². The molecule has 0 aromatic rings. The quantitative estimate of drug-likeness (QED) is 0.715. The number of rotatable bonds is 1. The number of nitrogens with zero attached hydrogens (tertiary/aromatic N) is 2. The number of hydrogen-bond acceptors (Lipinski definition) is 3. The van der Waals surface area contributed by atoms with E-state index >= 15 is 0 Å². The van der Waals surface area contributed by atoms with Gasteiger partial charge in [-0.25, -0.2) is 0 Å². The summed E-state index contributed by atoms with van der Waals surface area (Å²) >= 11 is 1.72. The van der Waals surface area contributed by atoms with Crippen molar-refractivity contribution < 1.29 is 0 Å². The van der Waals surface area contributed by atoms with Crippen molar-refractivity contribution in [2.75, 3.05) is 32.4 Å². The Labute approximate surface area is 90.3 Å². The Morgan fingerprint density at radius 2 is 2.00 bits per heavy atom. The van der Waals surface area contributed by atoms with Crippen molar-refractivity contribution in [1.82, 2.24) is 9.80 Å².